The van der Waals surface area contributed by atoms with E-state index in [9.17, 15) is 13.2 Å². The molecule has 0 amide bonds. The number of carbonyl (C=O) groups excluding carboxylic acids is 1. The summed E-state index contributed by atoms with van der Waals surface area (Å²) in [7, 11) is -1.87. The minimum atomic E-state index is -3.24. The van der Waals surface area contributed by atoms with Crippen LogP contribution in [0, 0.1) is 5.92 Å². The number of nitrogens with zero attached hydrogens (tertiary/aromatic N) is 1. The van der Waals surface area contributed by atoms with Gasteiger partial charge >= 0.3 is 5.97 Å². The molecule has 2 saturated heterocycles. The van der Waals surface area contributed by atoms with E-state index in [2.05, 4.69) is 0 Å². The molecule has 0 aromatic rings. The average molecular weight is 291 g/mol. The van der Waals surface area contributed by atoms with Crippen molar-refractivity contribution >= 4 is 16.0 Å². The molecule has 0 radical (unpaired) electrons. The smallest absolute Gasteiger partial charge is 0.308 e. The van der Waals surface area contributed by atoms with Crippen molar-refractivity contribution in [1.82, 2.24) is 4.31 Å². The van der Waals surface area contributed by atoms with Crippen molar-refractivity contribution in [2.75, 3.05) is 33.4 Å². The summed E-state index contributed by atoms with van der Waals surface area (Å²) >= 11 is 0. The van der Waals surface area contributed by atoms with Gasteiger partial charge in [-0.1, -0.05) is 0 Å². The van der Waals surface area contributed by atoms with Crippen LogP contribution < -0.4 is 0 Å². The lowest BCUT2D eigenvalue weighted by molar-refractivity contribution is -0.146. The van der Waals surface area contributed by atoms with Gasteiger partial charge < -0.3 is 9.47 Å². The number of sulfonamides is 1. The molecule has 0 atom stereocenters. The Morgan fingerprint density at radius 2 is 1.74 bits per heavy atom. The van der Waals surface area contributed by atoms with Gasteiger partial charge in [0.2, 0.25) is 10.0 Å². The van der Waals surface area contributed by atoms with Gasteiger partial charge in [0.25, 0.3) is 0 Å². The van der Waals surface area contributed by atoms with Crippen LogP contribution in [0.4, 0.5) is 0 Å². The average Bonchev–Trinajstić information content (AvgIpc) is 2.47. The summed E-state index contributed by atoms with van der Waals surface area (Å²) in [6.07, 6.45) is 2.24. The van der Waals surface area contributed by atoms with Gasteiger partial charge in [0.05, 0.1) is 18.3 Å². The second-order valence-electron chi connectivity index (χ2n) is 5.05. The first kappa shape index (κ1) is 14.7. The third kappa shape index (κ3) is 3.27. The number of hydrogen-bond acceptors (Lipinski definition) is 5. The Balaban J connectivity index is 1.94. The molecule has 7 heteroatoms. The number of piperidine rings is 1. The topological polar surface area (TPSA) is 72.9 Å². The molecule has 0 aromatic carbocycles. The summed E-state index contributed by atoms with van der Waals surface area (Å²) in [5, 5.41) is -0.323. The van der Waals surface area contributed by atoms with Crippen LogP contribution in [0.5, 0.6) is 0 Å². The highest BCUT2D eigenvalue weighted by atomic mass is 32.2. The molecule has 0 spiro atoms. The number of ether oxygens (including phenoxy) is 2. The van der Waals surface area contributed by atoms with Gasteiger partial charge in [-0.15, -0.1) is 0 Å². The lowest BCUT2D eigenvalue weighted by atomic mass is 9.99. The Bertz CT molecular complexity index is 408. The lowest BCUT2D eigenvalue weighted by Gasteiger charge is -2.33. The van der Waals surface area contributed by atoms with E-state index >= 15 is 0 Å². The first-order valence-corrected chi connectivity index (χ1v) is 8.20. The number of carbonyl (C=O) groups is 1. The van der Waals surface area contributed by atoms with Crippen molar-refractivity contribution < 1.29 is 22.7 Å². The zero-order valence-electron chi connectivity index (χ0n) is 11.2. The Morgan fingerprint density at radius 1 is 1.16 bits per heavy atom. The SMILES string of the molecule is COC(=O)C1CCN(S(=O)(=O)C2CCOCC2)CC1. The van der Waals surface area contributed by atoms with Crippen LogP contribution >= 0.6 is 0 Å². The molecule has 2 aliphatic rings. The zero-order chi connectivity index (χ0) is 13.9. The number of esters is 1. The monoisotopic (exact) mass is 291 g/mol. The minimum Gasteiger partial charge on any atom is -0.469 e. The van der Waals surface area contributed by atoms with Gasteiger partial charge in [0.15, 0.2) is 0 Å². The Hall–Kier alpha value is -0.660. The molecule has 6 nitrogen and oxygen atoms in total. The van der Waals surface area contributed by atoms with Crippen molar-refractivity contribution in [3.05, 3.63) is 0 Å². The Labute approximate surface area is 114 Å². The van der Waals surface area contributed by atoms with Crippen LogP contribution in [-0.4, -0.2) is 57.4 Å². The van der Waals surface area contributed by atoms with E-state index < -0.39 is 10.0 Å². The first-order valence-electron chi connectivity index (χ1n) is 6.70. The third-order valence-corrected chi connectivity index (χ3v) is 6.34. The molecule has 2 rings (SSSR count). The van der Waals surface area contributed by atoms with Crippen LogP contribution in [0.15, 0.2) is 0 Å². The number of methoxy groups -OCH3 is 1. The second-order valence-corrected chi connectivity index (χ2v) is 7.27. The van der Waals surface area contributed by atoms with Gasteiger partial charge in [-0.05, 0) is 25.7 Å². The standard InChI is InChI=1S/C12H21NO5S/c1-17-12(14)10-2-6-13(7-3-10)19(15,16)11-4-8-18-9-5-11/h10-11H,2-9H2,1H3. The molecule has 0 unspecified atom stereocenters. The van der Waals surface area contributed by atoms with Crippen molar-refractivity contribution in [2.45, 2.75) is 30.9 Å². The van der Waals surface area contributed by atoms with Gasteiger partial charge in [0, 0.05) is 26.3 Å². The first-order chi connectivity index (χ1) is 9.05. The molecule has 0 aliphatic carbocycles. The molecule has 0 saturated carbocycles. The lowest BCUT2D eigenvalue weighted by Crippen LogP contribution is -2.46. The van der Waals surface area contributed by atoms with Gasteiger partial charge in [-0.2, -0.15) is 0 Å². The highest BCUT2D eigenvalue weighted by Crippen LogP contribution is 2.25. The molecule has 19 heavy (non-hydrogen) atoms. The van der Waals surface area contributed by atoms with Crippen LogP contribution in [0.25, 0.3) is 0 Å². The third-order valence-electron chi connectivity index (χ3n) is 3.94. The van der Waals surface area contributed by atoms with Crippen molar-refractivity contribution in [3.8, 4) is 0 Å². The number of rotatable bonds is 3. The summed E-state index contributed by atoms with van der Waals surface area (Å²) < 4.78 is 36.3. The fourth-order valence-electron chi connectivity index (χ4n) is 2.70. The van der Waals surface area contributed by atoms with Crippen molar-refractivity contribution in [2.24, 2.45) is 5.92 Å². The van der Waals surface area contributed by atoms with Crippen molar-refractivity contribution in [3.63, 3.8) is 0 Å². The van der Waals surface area contributed by atoms with E-state index in [0.29, 0.717) is 52.0 Å². The van der Waals surface area contributed by atoms with Crippen LogP contribution in [-0.2, 0) is 24.3 Å². The predicted molar refractivity (Wildman–Crippen MR) is 69.1 cm³/mol. The fraction of sp³-hybridized carbons (Fsp3) is 0.917. The number of hydrogen-bond donors (Lipinski definition) is 0. The van der Waals surface area contributed by atoms with Gasteiger partial charge in [0.1, 0.15) is 0 Å². The van der Waals surface area contributed by atoms with Gasteiger partial charge in [-0.3, -0.25) is 4.79 Å². The summed E-state index contributed by atoms with van der Waals surface area (Å²) in [5.74, 6) is -0.394. The molecular weight excluding hydrogens is 270 g/mol. The van der Waals surface area contributed by atoms with Crippen molar-refractivity contribution in [1.29, 1.82) is 0 Å². The maximum Gasteiger partial charge on any atom is 0.308 e. The largest absolute Gasteiger partial charge is 0.469 e. The zero-order valence-corrected chi connectivity index (χ0v) is 12.0. The maximum atomic E-state index is 12.4. The second kappa shape index (κ2) is 6.19. The predicted octanol–water partition coefficient (Wildman–Crippen LogP) is 0.380. The summed E-state index contributed by atoms with van der Waals surface area (Å²) in [4.78, 5) is 11.4. The Kier molecular flexibility index (Phi) is 4.81. The molecular formula is C12H21NO5S. The maximum absolute atomic E-state index is 12.4. The molecule has 2 fully saturated rings. The Morgan fingerprint density at radius 3 is 2.26 bits per heavy atom. The van der Waals surface area contributed by atoms with Crippen LogP contribution in [0.2, 0.25) is 0 Å². The molecule has 0 bridgehead atoms. The van der Waals surface area contributed by atoms with Gasteiger partial charge in [-0.25, -0.2) is 12.7 Å². The molecule has 2 heterocycles. The minimum absolute atomic E-state index is 0.161. The van der Waals surface area contributed by atoms with E-state index in [-0.39, 0.29) is 17.1 Å². The summed E-state index contributed by atoms with van der Waals surface area (Å²) in [6.45, 7) is 1.87. The molecule has 0 aromatic heterocycles. The normalized spacial score (nSPS) is 24.3. The van der Waals surface area contributed by atoms with Crippen LogP contribution in [0.1, 0.15) is 25.7 Å². The molecule has 0 N–H and O–H groups in total. The summed E-state index contributed by atoms with van der Waals surface area (Å²) in [5.41, 5.74) is 0. The van der Waals surface area contributed by atoms with E-state index in [0.717, 1.165) is 0 Å². The summed E-state index contributed by atoms with van der Waals surface area (Å²) in [6, 6.07) is 0. The quantitative estimate of drug-likeness (QED) is 0.703. The van der Waals surface area contributed by atoms with E-state index in [1.54, 1.807) is 0 Å². The van der Waals surface area contributed by atoms with E-state index in [1.165, 1.54) is 11.4 Å². The highest BCUT2D eigenvalue weighted by molar-refractivity contribution is 7.89. The van der Waals surface area contributed by atoms with Crippen LogP contribution in [0.3, 0.4) is 0 Å². The fourth-order valence-corrected chi connectivity index (χ4v) is 4.63. The van der Waals surface area contributed by atoms with E-state index in [1.807, 2.05) is 0 Å². The molecule has 110 valence electrons. The highest BCUT2D eigenvalue weighted by Gasteiger charge is 2.36. The van der Waals surface area contributed by atoms with E-state index in [4.69, 9.17) is 9.47 Å². The molecule has 2 aliphatic heterocycles.